The van der Waals surface area contributed by atoms with Crippen LogP contribution in [0.5, 0.6) is 17.2 Å². The van der Waals surface area contributed by atoms with E-state index in [0.717, 1.165) is 11.1 Å². The molecule has 3 aromatic rings. The lowest BCUT2D eigenvalue weighted by Crippen LogP contribution is -2.13. The van der Waals surface area contributed by atoms with E-state index in [1.165, 1.54) is 0 Å². The summed E-state index contributed by atoms with van der Waals surface area (Å²) in [7, 11) is -3.91. The molecule has 4 rings (SSSR count). The van der Waals surface area contributed by atoms with Crippen LogP contribution in [-0.4, -0.2) is 21.4 Å². The second kappa shape index (κ2) is 8.07. The molecule has 0 fully saturated rings. The minimum atomic E-state index is -3.91. The Bertz CT molecular complexity index is 1210. The summed E-state index contributed by atoms with van der Waals surface area (Å²) in [6, 6.07) is 18.9. The molecule has 1 aliphatic rings. The highest BCUT2D eigenvalue weighted by molar-refractivity contribution is 7.87. The van der Waals surface area contributed by atoms with Crippen LogP contribution in [0.2, 0.25) is 0 Å². The number of aliphatic imine (C=N–C) groups is 1. The van der Waals surface area contributed by atoms with E-state index in [2.05, 4.69) is 25.8 Å². The second-order valence-electron chi connectivity index (χ2n) is 8.18. The molecule has 160 valence electrons. The van der Waals surface area contributed by atoms with Crippen molar-refractivity contribution in [3.05, 3.63) is 77.9 Å². The van der Waals surface area contributed by atoms with Gasteiger partial charge in [-0.3, -0.25) is 4.99 Å². The standard InChI is InChI=1S/C24H23NO5S/c1-24(2,3)18-5-11-21(12-6-18)31(26,27)30-20-9-7-19(8-10-20)25-15-17-4-13-22-23(14-17)29-16-28-22/h4-15H,16H2,1-3H3. The minimum Gasteiger partial charge on any atom is -0.454 e. The third-order valence-electron chi connectivity index (χ3n) is 4.81. The van der Waals surface area contributed by atoms with Gasteiger partial charge >= 0.3 is 10.1 Å². The number of rotatable bonds is 5. The molecular formula is C24H23NO5S. The molecule has 1 heterocycles. The highest BCUT2D eigenvalue weighted by Crippen LogP contribution is 2.32. The first kappa shape index (κ1) is 20.9. The highest BCUT2D eigenvalue weighted by atomic mass is 32.2. The monoisotopic (exact) mass is 437 g/mol. The van der Waals surface area contributed by atoms with E-state index in [0.29, 0.717) is 17.2 Å². The predicted molar refractivity (Wildman–Crippen MR) is 119 cm³/mol. The molecule has 3 aromatic carbocycles. The average molecular weight is 438 g/mol. The molecule has 0 N–H and O–H groups in total. The van der Waals surface area contributed by atoms with Gasteiger partial charge in [-0.25, -0.2) is 0 Å². The van der Waals surface area contributed by atoms with Crippen LogP contribution >= 0.6 is 0 Å². The summed E-state index contributed by atoms with van der Waals surface area (Å²) in [6.07, 6.45) is 1.70. The van der Waals surface area contributed by atoms with E-state index in [1.807, 2.05) is 30.3 Å². The fraction of sp³-hybridized carbons (Fsp3) is 0.208. The van der Waals surface area contributed by atoms with Crippen molar-refractivity contribution in [3.63, 3.8) is 0 Å². The molecule has 1 aliphatic heterocycles. The lowest BCUT2D eigenvalue weighted by atomic mass is 9.87. The molecule has 0 aromatic heterocycles. The van der Waals surface area contributed by atoms with E-state index in [1.54, 1.807) is 42.6 Å². The summed E-state index contributed by atoms with van der Waals surface area (Å²) in [4.78, 5) is 4.52. The summed E-state index contributed by atoms with van der Waals surface area (Å²) in [5.41, 5.74) is 2.53. The third kappa shape index (κ3) is 4.88. The lowest BCUT2D eigenvalue weighted by Gasteiger charge is -2.19. The van der Waals surface area contributed by atoms with Gasteiger partial charge in [0.1, 0.15) is 10.6 Å². The molecule has 31 heavy (non-hydrogen) atoms. The smallest absolute Gasteiger partial charge is 0.339 e. The number of hydrogen-bond donors (Lipinski definition) is 0. The topological polar surface area (TPSA) is 74.2 Å². The Hall–Kier alpha value is -3.32. The van der Waals surface area contributed by atoms with Crippen molar-refractivity contribution in [2.75, 3.05) is 6.79 Å². The van der Waals surface area contributed by atoms with E-state index in [4.69, 9.17) is 13.7 Å². The maximum atomic E-state index is 12.6. The second-order valence-corrected chi connectivity index (χ2v) is 9.72. The molecule has 0 unspecified atom stereocenters. The summed E-state index contributed by atoms with van der Waals surface area (Å²) < 4.78 is 41.1. The number of fused-ring (bicyclic) bond motifs is 1. The molecule has 0 amide bonds. The molecular weight excluding hydrogens is 414 g/mol. The Morgan fingerprint density at radius 3 is 2.26 bits per heavy atom. The van der Waals surface area contributed by atoms with Gasteiger partial charge in [0.25, 0.3) is 0 Å². The molecule has 6 nitrogen and oxygen atoms in total. The van der Waals surface area contributed by atoms with Gasteiger partial charge in [-0.05, 0) is 71.1 Å². The SMILES string of the molecule is CC(C)(C)c1ccc(S(=O)(=O)Oc2ccc(N=Cc3ccc4c(c3)OCO4)cc2)cc1. The van der Waals surface area contributed by atoms with E-state index < -0.39 is 10.1 Å². The summed E-state index contributed by atoms with van der Waals surface area (Å²) >= 11 is 0. The largest absolute Gasteiger partial charge is 0.454 e. The zero-order valence-corrected chi connectivity index (χ0v) is 18.3. The van der Waals surface area contributed by atoms with Gasteiger partial charge in [0.05, 0.1) is 5.69 Å². The van der Waals surface area contributed by atoms with Gasteiger partial charge < -0.3 is 13.7 Å². The van der Waals surface area contributed by atoms with Gasteiger partial charge in [-0.2, -0.15) is 8.42 Å². The first-order valence-corrected chi connectivity index (χ1v) is 11.2. The van der Waals surface area contributed by atoms with E-state index in [-0.39, 0.29) is 22.9 Å². The van der Waals surface area contributed by atoms with Crippen molar-refractivity contribution in [3.8, 4) is 17.2 Å². The fourth-order valence-corrected chi connectivity index (χ4v) is 3.96. The molecule has 0 bridgehead atoms. The van der Waals surface area contributed by atoms with Crippen LogP contribution in [0, 0.1) is 0 Å². The Morgan fingerprint density at radius 1 is 0.903 bits per heavy atom. The number of hydrogen-bond acceptors (Lipinski definition) is 6. The fourth-order valence-electron chi connectivity index (χ4n) is 3.03. The number of benzene rings is 3. The summed E-state index contributed by atoms with van der Waals surface area (Å²) in [5.74, 6) is 1.63. The van der Waals surface area contributed by atoms with Crippen molar-refractivity contribution in [1.82, 2.24) is 0 Å². The molecule has 0 spiro atoms. The van der Waals surface area contributed by atoms with Crippen molar-refractivity contribution in [1.29, 1.82) is 0 Å². The van der Waals surface area contributed by atoms with E-state index >= 15 is 0 Å². The van der Waals surface area contributed by atoms with Gasteiger partial charge in [-0.1, -0.05) is 32.9 Å². The first-order chi connectivity index (χ1) is 14.7. The van der Waals surface area contributed by atoms with Gasteiger partial charge in [-0.15, -0.1) is 0 Å². The first-order valence-electron chi connectivity index (χ1n) is 9.80. The molecule has 7 heteroatoms. The third-order valence-corrected chi connectivity index (χ3v) is 6.07. The van der Waals surface area contributed by atoms with E-state index in [9.17, 15) is 8.42 Å². The Balaban J connectivity index is 1.44. The van der Waals surface area contributed by atoms with Crippen molar-refractivity contribution >= 4 is 22.0 Å². The van der Waals surface area contributed by atoms with Crippen molar-refractivity contribution in [2.24, 2.45) is 4.99 Å². The Kier molecular flexibility index (Phi) is 5.45. The average Bonchev–Trinajstić information content (AvgIpc) is 3.20. The molecule has 0 aliphatic carbocycles. The van der Waals surface area contributed by atoms with Crippen molar-refractivity contribution < 1.29 is 22.1 Å². The van der Waals surface area contributed by atoms with Crippen LogP contribution in [0.15, 0.2) is 76.6 Å². The van der Waals surface area contributed by atoms with Gasteiger partial charge in [0.15, 0.2) is 11.5 Å². The van der Waals surface area contributed by atoms with Crippen LogP contribution in [0.4, 0.5) is 5.69 Å². The van der Waals surface area contributed by atoms with Gasteiger partial charge in [0.2, 0.25) is 6.79 Å². The van der Waals surface area contributed by atoms with Crippen LogP contribution in [0.3, 0.4) is 0 Å². The predicted octanol–water partition coefficient (Wildman–Crippen LogP) is 5.23. The highest BCUT2D eigenvalue weighted by Gasteiger charge is 2.19. The quantitative estimate of drug-likeness (QED) is 0.404. The zero-order valence-electron chi connectivity index (χ0n) is 17.5. The molecule has 0 saturated heterocycles. The number of nitrogens with zero attached hydrogens (tertiary/aromatic N) is 1. The number of ether oxygens (including phenoxy) is 2. The molecule has 0 saturated carbocycles. The summed E-state index contributed by atoms with van der Waals surface area (Å²) in [5, 5.41) is 0. The minimum absolute atomic E-state index is 0.0555. The Labute approximate surface area is 182 Å². The molecule has 0 radical (unpaired) electrons. The Morgan fingerprint density at radius 2 is 1.58 bits per heavy atom. The zero-order chi connectivity index (χ0) is 22.1. The molecule has 0 atom stereocenters. The van der Waals surface area contributed by atoms with Crippen LogP contribution in [-0.2, 0) is 15.5 Å². The van der Waals surface area contributed by atoms with Crippen LogP contribution in [0.1, 0.15) is 31.9 Å². The normalized spacial score (nSPS) is 13.5. The van der Waals surface area contributed by atoms with Gasteiger partial charge in [0, 0.05) is 6.21 Å². The maximum Gasteiger partial charge on any atom is 0.339 e. The summed E-state index contributed by atoms with van der Waals surface area (Å²) in [6.45, 7) is 6.44. The van der Waals surface area contributed by atoms with Crippen LogP contribution in [0.25, 0.3) is 0 Å². The van der Waals surface area contributed by atoms with Crippen LogP contribution < -0.4 is 13.7 Å². The lowest BCUT2D eigenvalue weighted by molar-refractivity contribution is 0.174. The maximum absolute atomic E-state index is 12.6. The van der Waals surface area contributed by atoms with Crippen molar-refractivity contribution in [2.45, 2.75) is 31.1 Å².